The zero-order valence-electron chi connectivity index (χ0n) is 9.38. The van der Waals surface area contributed by atoms with Gasteiger partial charge in [0.05, 0.1) is 11.3 Å². The van der Waals surface area contributed by atoms with Crippen LogP contribution in [0.1, 0.15) is 22.1 Å². The maximum Gasteiger partial charge on any atom is 0.336 e. The molecule has 0 fully saturated rings. The summed E-state index contributed by atoms with van der Waals surface area (Å²) in [6.07, 6.45) is 0. The fourth-order valence-electron chi connectivity index (χ4n) is 1.30. The summed E-state index contributed by atoms with van der Waals surface area (Å²) in [6, 6.07) is 5.16. The van der Waals surface area contributed by atoms with Gasteiger partial charge in [-0.15, -0.1) is 11.8 Å². The van der Waals surface area contributed by atoms with E-state index in [-0.39, 0.29) is 5.56 Å². The van der Waals surface area contributed by atoms with Crippen molar-refractivity contribution in [1.82, 2.24) is 10.1 Å². The van der Waals surface area contributed by atoms with Crippen molar-refractivity contribution in [2.75, 3.05) is 0 Å². The molecule has 2 rings (SSSR count). The summed E-state index contributed by atoms with van der Waals surface area (Å²) >= 11 is 4.65. The zero-order valence-corrected chi connectivity index (χ0v) is 11.8. The first-order valence-corrected chi connectivity index (χ1v) is 6.79. The lowest BCUT2D eigenvalue weighted by molar-refractivity contribution is 0.0695. The van der Waals surface area contributed by atoms with E-state index in [1.54, 1.807) is 19.1 Å². The predicted molar refractivity (Wildman–Crippen MR) is 69.7 cm³/mol. The van der Waals surface area contributed by atoms with Gasteiger partial charge in [0.2, 0.25) is 5.89 Å². The number of carboxylic acids is 1. The van der Waals surface area contributed by atoms with E-state index in [0.717, 1.165) is 4.90 Å². The summed E-state index contributed by atoms with van der Waals surface area (Å²) in [5.74, 6) is 0.671. The van der Waals surface area contributed by atoms with Gasteiger partial charge in [0, 0.05) is 9.37 Å². The highest BCUT2D eigenvalue weighted by Crippen LogP contribution is 2.27. The van der Waals surface area contributed by atoms with Crippen molar-refractivity contribution in [2.45, 2.75) is 17.6 Å². The third-order valence-electron chi connectivity index (χ3n) is 2.10. The number of thioether (sulfide) groups is 1. The van der Waals surface area contributed by atoms with Crippen molar-refractivity contribution < 1.29 is 14.4 Å². The molecule has 0 aliphatic heterocycles. The topological polar surface area (TPSA) is 76.2 Å². The molecular weight excluding hydrogens is 320 g/mol. The molecule has 94 valence electrons. The Morgan fingerprint density at radius 1 is 1.56 bits per heavy atom. The van der Waals surface area contributed by atoms with Crippen molar-refractivity contribution in [1.29, 1.82) is 0 Å². The van der Waals surface area contributed by atoms with Crippen LogP contribution in [0.15, 0.2) is 32.1 Å². The van der Waals surface area contributed by atoms with E-state index in [1.807, 2.05) is 6.07 Å². The maximum absolute atomic E-state index is 11.0. The minimum absolute atomic E-state index is 0.238. The standard InChI is InChI=1S/C11H9BrN2O3S/c1-6-13-10(17-14-6)5-18-7-2-3-9(12)8(4-7)11(15)16/h2-4H,5H2,1H3,(H,15,16). The van der Waals surface area contributed by atoms with E-state index in [1.165, 1.54) is 11.8 Å². The Morgan fingerprint density at radius 2 is 2.33 bits per heavy atom. The third-order valence-corrected chi connectivity index (χ3v) is 3.77. The fourth-order valence-corrected chi connectivity index (χ4v) is 2.49. The Hall–Kier alpha value is -1.34. The fraction of sp³-hybridized carbons (Fsp3) is 0.182. The van der Waals surface area contributed by atoms with E-state index < -0.39 is 5.97 Å². The smallest absolute Gasteiger partial charge is 0.336 e. The summed E-state index contributed by atoms with van der Waals surface area (Å²) in [4.78, 5) is 15.9. The van der Waals surface area contributed by atoms with Gasteiger partial charge in [-0.2, -0.15) is 4.98 Å². The molecule has 5 nitrogen and oxygen atoms in total. The van der Waals surface area contributed by atoms with Gasteiger partial charge in [-0.1, -0.05) is 5.16 Å². The number of aromatic carboxylic acids is 1. The molecule has 0 amide bonds. The molecule has 0 aliphatic carbocycles. The van der Waals surface area contributed by atoms with Crippen LogP contribution >= 0.6 is 27.7 Å². The molecule has 1 N–H and O–H groups in total. The molecule has 1 heterocycles. The van der Waals surface area contributed by atoms with Crippen LogP contribution in [0.5, 0.6) is 0 Å². The van der Waals surface area contributed by atoms with Gasteiger partial charge in [-0.05, 0) is 41.1 Å². The SMILES string of the molecule is Cc1noc(CSc2ccc(Br)c(C(=O)O)c2)n1. The van der Waals surface area contributed by atoms with Crippen LogP contribution in [0.2, 0.25) is 0 Å². The second-order valence-electron chi connectivity index (χ2n) is 3.47. The Labute approximate surface area is 116 Å². The molecule has 2 aromatic rings. The lowest BCUT2D eigenvalue weighted by atomic mass is 10.2. The highest BCUT2D eigenvalue weighted by atomic mass is 79.9. The van der Waals surface area contributed by atoms with Crippen molar-refractivity contribution in [3.05, 3.63) is 40.0 Å². The molecule has 1 aromatic heterocycles. The number of carbonyl (C=O) groups is 1. The van der Waals surface area contributed by atoms with Gasteiger partial charge in [-0.25, -0.2) is 4.79 Å². The summed E-state index contributed by atoms with van der Waals surface area (Å²) < 4.78 is 5.54. The number of aromatic nitrogens is 2. The summed E-state index contributed by atoms with van der Waals surface area (Å²) in [5, 5.41) is 12.7. The van der Waals surface area contributed by atoms with Crippen LogP contribution in [-0.2, 0) is 5.75 Å². The van der Waals surface area contributed by atoms with Crippen molar-refractivity contribution in [2.24, 2.45) is 0 Å². The molecule has 0 radical (unpaired) electrons. The first kappa shape index (κ1) is 13.1. The number of hydrogen-bond donors (Lipinski definition) is 1. The highest BCUT2D eigenvalue weighted by Gasteiger charge is 2.10. The zero-order chi connectivity index (χ0) is 13.1. The van der Waals surface area contributed by atoms with Gasteiger partial charge in [-0.3, -0.25) is 0 Å². The number of nitrogens with zero attached hydrogens (tertiary/aromatic N) is 2. The maximum atomic E-state index is 11.0. The van der Waals surface area contributed by atoms with Gasteiger partial charge in [0.15, 0.2) is 5.82 Å². The molecule has 7 heteroatoms. The van der Waals surface area contributed by atoms with Crippen LogP contribution < -0.4 is 0 Å². The molecule has 0 saturated carbocycles. The van der Waals surface area contributed by atoms with Crippen LogP contribution in [-0.4, -0.2) is 21.2 Å². The number of hydrogen-bond acceptors (Lipinski definition) is 5. The number of rotatable bonds is 4. The monoisotopic (exact) mass is 328 g/mol. The van der Waals surface area contributed by atoms with E-state index >= 15 is 0 Å². The molecule has 0 bridgehead atoms. The van der Waals surface area contributed by atoms with Crippen molar-refractivity contribution in [3.63, 3.8) is 0 Å². The van der Waals surface area contributed by atoms with Crippen molar-refractivity contribution in [3.8, 4) is 0 Å². The number of carboxylic acid groups (broad SMARTS) is 1. The number of halogens is 1. The summed E-state index contributed by atoms with van der Waals surface area (Å²) in [7, 11) is 0. The molecule has 0 unspecified atom stereocenters. The van der Waals surface area contributed by atoms with E-state index in [4.69, 9.17) is 9.63 Å². The normalized spacial score (nSPS) is 10.6. The minimum Gasteiger partial charge on any atom is -0.478 e. The van der Waals surface area contributed by atoms with E-state index in [2.05, 4.69) is 26.1 Å². The second kappa shape index (κ2) is 5.53. The molecule has 18 heavy (non-hydrogen) atoms. The number of benzene rings is 1. The van der Waals surface area contributed by atoms with Crippen molar-refractivity contribution >= 4 is 33.7 Å². The van der Waals surface area contributed by atoms with Gasteiger partial charge in [0.1, 0.15) is 0 Å². The summed E-state index contributed by atoms with van der Waals surface area (Å²) in [5.41, 5.74) is 0.238. The average Bonchev–Trinajstić information content (AvgIpc) is 2.74. The molecular formula is C11H9BrN2O3S. The lowest BCUT2D eigenvalue weighted by Crippen LogP contribution is -1.97. The molecule has 0 aliphatic rings. The second-order valence-corrected chi connectivity index (χ2v) is 5.37. The quantitative estimate of drug-likeness (QED) is 0.869. The van der Waals surface area contributed by atoms with Crippen LogP contribution in [0, 0.1) is 6.92 Å². The molecule has 0 atom stereocenters. The van der Waals surface area contributed by atoms with Crippen LogP contribution in [0.4, 0.5) is 0 Å². The van der Waals surface area contributed by atoms with Crippen LogP contribution in [0.25, 0.3) is 0 Å². The molecule has 0 saturated heterocycles. The van der Waals surface area contributed by atoms with Crippen LogP contribution in [0.3, 0.4) is 0 Å². The minimum atomic E-state index is -0.960. The Morgan fingerprint density at radius 3 is 2.94 bits per heavy atom. The molecule has 1 aromatic carbocycles. The summed E-state index contributed by atoms with van der Waals surface area (Å²) in [6.45, 7) is 1.75. The Kier molecular flexibility index (Phi) is 4.03. The first-order valence-electron chi connectivity index (χ1n) is 5.01. The lowest BCUT2D eigenvalue weighted by Gasteiger charge is -2.02. The third kappa shape index (κ3) is 3.11. The predicted octanol–water partition coefficient (Wildman–Crippen LogP) is 3.13. The highest BCUT2D eigenvalue weighted by molar-refractivity contribution is 9.10. The van der Waals surface area contributed by atoms with Gasteiger partial charge < -0.3 is 9.63 Å². The Bertz CT molecular complexity index is 585. The first-order chi connectivity index (χ1) is 8.56. The van der Waals surface area contributed by atoms with E-state index in [0.29, 0.717) is 21.9 Å². The average molecular weight is 329 g/mol. The largest absolute Gasteiger partial charge is 0.478 e. The van der Waals surface area contributed by atoms with E-state index in [9.17, 15) is 4.79 Å². The van der Waals surface area contributed by atoms with Gasteiger partial charge >= 0.3 is 5.97 Å². The number of aryl methyl sites for hydroxylation is 1. The molecule has 0 spiro atoms. The van der Waals surface area contributed by atoms with Gasteiger partial charge in [0.25, 0.3) is 0 Å². The Balaban J connectivity index is 2.10.